The van der Waals surface area contributed by atoms with Gasteiger partial charge in [0, 0.05) is 72.6 Å². The predicted octanol–water partition coefficient (Wildman–Crippen LogP) is 7.38. The quantitative estimate of drug-likeness (QED) is 0.248. The first-order valence-corrected chi connectivity index (χ1v) is 14.8. The van der Waals surface area contributed by atoms with Crippen molar-refractivity contribution in [1.82, 2.24) is 14.8 Å². The van der Waals surface area contributed by atoms with Crippen LogP contribution in [0.3, 0.4) is 0 Å². The van der Waals surface area contributed by atoms with Crippen LogP contribution in [-0.4, -0.2) is 53.9 Å². The summed E-state index contributed by atoms with van der Waals surface area (Å²) in [6, 6.07) is 21.4. The molecule has 1 aliphatic heterocycles. The van der Waals surface area contributed by atoms with Gasteiger partial charge in [0.05, 0.1) is 11.4 Å². The molecule has 1 N–H and O–H groups in total. The van der Waals surface area contributed by atoms with Crippen LogP contribution in [0.15, 0.2) is 72.8 Å². The van der Waals surface area contributed by atoms with E-state index >= 15 is 0 Å². The number of aryl methyl sites for hydroxylation is 2. The number of amides is 1. The summed E-state index contributed by atoms with van der Waals surface area (Å²) in [6.07, 6.45) is 4.87. The second kappa shape index (κ2) is 12.1. The molecule has 1 aliphatic carbocycles. The van der Waals surface area contributed by atoms with Crippen molar-refractivity contribution in [3.05, 3.63) is 111 Å². The number of nitrogens with zero attached hydrogens (tertiary/aromatic N) is 3. The molecular formula is C35H35ClN4O2. The molecule has 1 fully saturated rings. The summed E-state index contributed by atoms with van der Waals surface area (Å²) in [5.74, 6) is 1.13. The number of nitrogens with one attached hydrogen (secondary N) is 1. The van der Waals surface area contributed by atoms with Gasteiger partial charge in [0.15, 0.2) is 0 Å². The van der Waals surface area contributed by atoms with E-state index in [2.05, 4.69) is 47.3 Å². The maximum atomic E-state index is 13.4. The van der Waals surface area contributed by atoms with E-state index in [9.17, 15) is 4.79 Å². The number of anilines is 1. The SMILES string of the molecule is Cc1cc(NC(=O)c2cc(Oc3cc(-c4cccc(Cl)c4)nc4c3C=CC4)ccc2C)ccc1CN1CCN(C)CC1. The summed E-state index contributed by atoms with van der Waals surface area (Å²) in [7, 11) is 2.17. The largest absolute Gasteiger partial charge is 0.457 e. The molecule has 2 aliphatic rings. The van der Waals surface area contributed by atoms with Crippen LogP contribution in [0.25, 0.3) is 17.3 Å². The number of halogens is 1. The van der Waals surface area contributed by atoms with Crippen molar-refractivity contribution < 1.29 is 9.53 Å². The van der Waals surface area contributed by atoms with Crippen LogP contribution >= 0.6 is 11.6 Å². The summed E-state index contributed by atoms with van der Waals surface area (Å²) in [6.45, 7) is 9.32. The summed E-state index contributed by atoms with van der Waals surface area (Å²) in [5, 5.41) is 3.75. The predicted molar refractivity (Wildman–Crippen MR) is 171 cm³/mol. The fourth-order valence-corrected chi connectivity index (χ4v) is 5.71. The third-order valence-electron chi connectivity index (χ3n) is 8.09. The average Bonchev–Trinajstić information content (AvgIpc) is 3.46. The van der Waals surface area contributed by atoms with Crippen molar-refractivity contribution in [2.24, 2.45) is 0 Å². The van der Waals surface area contributed by atoms with Crippen molar-refractivity contribution in [1.29, 1.82) is 0 Å². The topological polar surface area (TPSA) is 57.7 Å². The van der Waals surface area contributed by atoms with Crippen molar-refractivity contribution in [3.63, 3.8) is 0 Å². The highest BCUT2D eigenvalue weighted by molar-refractivity contribution is 6.30. The highest BCUT2D eigenvalue weighted by Crippen LogP contribution is 2.36. The van der Waals surface area contributed by atoms with Gasteiger partial charge in [-0.3, -0.25) is 14.7 Å². The Bertz CT molecular complexity index is 1670. The van der Waals surface area contributed by atoms with Gasteiger partial charge in [0.1, 0.15) is 11.5 Å². The van der Waals surface area contributed by atoms with Crippen LogP contribution in [0.5, 0.6) is 11.5 Å². The first kappa shape index (κ1) is 28.2. The molecule has 6 nitrogen and oxygen atoms in total. The number of allylic oxidation sites excluding steroid dienone is 1. The van der Waals surface area contributed by atoms with Crippen molar-refractivity contribution in [3.8, 4) is 22.8 Å². The summed E-state index contributed by atoms with van der Waals surface area (Å²) >= 11 is 6.25. The molecule has 0 saturated carbocycles. The minimum atomic E-state index is -0.163. The van der Waals surface area contributed by atoms with E-state index in [-0.39, 0.29) is 5.91 Å². The Balaban J connectivity index is 1.20. The van der Waals surface area contributed by atoms with Gasteiger partial charge in [0.25, 0.3) is 5.91 Å². The van der Waals surface area contributed by atoms with Crippen LogP contribution in [0.4, 0.5) is 5.69 Å². The minimum absolute atomic E-state index is 0.163. The van der Waals surface area contributed by atoms with Gasteiger partial charge in [-0.05, 0) is 74.0 Å². The van der Waals surface area contributed by atoms with Crippen LogP contribution in [0.1, 0.15) is 38.3 Å². The lowest BCUT2D eigenvalue weighted by Crippen LogP contribution is -2.43. The molecule has 4 aromatic rings. The van der Waals surface area contributed by atoms with Gasteiger partial charge in [-0.2, -0.15) is 0 Å². The third kappa shape index (κ3) is 6.26. The zero-order valence-electron chi connectivity index (χ0n) is 24.3. The summed E-state index contributed by atoms with van der Waals surface area (Å²) < 4.78 is 6.41. The number of carbonyl (C=O) groups is 1. The molecular weight excluding hydrogens is 544 g/mol. The second-order valence-electron chi connectivity index (χ2n) is 11.2. The Hall–Kier alpha value is -3.97. The number of aromatic nitrogens is 1. The number of benzene rings is 3. The number of rotatable bonds is 7. The average molecular weight is 579 g/mol. The molecule has 0 unspecified atom stereocenters. The van der Waals surface area contributed by atoms with Gasteiger partial charge in [-0.1, -0.05) is 48.0 Å². The molecule has 214 valence electrons. The Kier molecular flexibility index (Phi) is 8.11. The summed E-state index contributed by atoms with van der Waals surface area (Å²) in [5.41, 5.74) is 8.34. The smallest absolute Gasteiger partial charge is 0.256 e. The molecule has 3 aromatic carbocycles. The van der Waals surface area contributed by atoms with Gasteiger partial charge in [-0.15, -0.1) is 0 Å². The van der Waals surface area contributed by atoms with E-state index in [0.717, 1.165) is 72.9 Å². The lowest BCUT2D eigenvalue weighted by atomic mass is 10.1. The van der Waals surface area contributed by atoms with Crippen molar-refractivity contribution in [2.45, 2.75) is 26.8 Å². The number of pyridine rings is 1. The Labute approximate surface area is 252 Å². The van der Waals surface area contributed by atoms with E-state index in [4.69, 9.17) is 21.3 Å². The van der Waals surface area contributed by atoms with Crippen LogP contribution in [0.2, 0.25) is 5.02 Å². The standard InChI is InChI=1S/C35H35ClN4O2/c1-23-10-13-29(42-34-21-33(25-6-4-7-27(36)19-25)38-32-9-5-8-30(32)34)20-31(23)35(41)37-28-12-11-26(24(2)18-28)22-40-16-14-39(3)15-17-40/h4-8,10-13,18-21H,9,14-17,22H2,1-3H3,(H,37,41). The van der Waals surface area contributed by atoms with Crippen LogP contribution in [0, 0.1) is 13.8 Å². The van der Waals surface area contributed by atoms with Gasteiger partial charge >= 0.3 is 0 Å². The minimum Gasteiger partial charge on any atom is -0.457 e. The zero-order chi connectivity index (χ0) is 29.2. The molecule has 1 aromatic heterocycles. The van der Waals surface area contributed by atoms with E-state index in [0.29, 0.717) is 22.1 Å². The zero-order valence-corrected chi connectivity index (χ0v) is 25.0. The second-order valence-corrected chi connectivity index (χ2v) is 11.7. The lowest BCUT2D eigenvalue weighted by Gasteiger charge is -2.32. The Morgan fingerprint density at radius 2 is 1.81 bits per heavy atom. The van der Waals surface area contributed by atoms with Gasteiger partial charge in [-0.25, -0.2) is 0 Å². The first-order valence-electron chi connectivity index (χ1n) is 14.4. The Morgan fingerprint density at radius 3 is 2.60 bits per heavy atom. The molecule has 6 rings (SSSR count). The molecule has 42 heavy (non-hydrogen) atoms. The molecule has 7 heteroatoms. The fraction of sp³-hybridized carbons (Fsp3) is 0.257. The number of ether oxygens (including phenoxy) is 1. The normalized spacial score (nSPS) is 15.0. The lowest BCUT2D eigenvalue weighted by molar-refractivity contribution is 0.102. The number of hydrogen-bond acceptors (Lipinski definition) is 5. The first-order chi connectivity index (χ1) is 20.3. The third-order valence-corrected chi connectivity index (χ3v) is 8.32. The van der Waals surface area contributed by atoms with Gasteiger partial charge < -0.3 is 15.0 Å². The number of fused-ring (bicyclic) bond motifs is 1. The molecule has 1 saturated heterocycles. The number of carbonyl (C=O) groups excluding carboxylic acids is 1. The molecule has 1 amide bonds. The van der Waals surface area contributed by atoms with E-state index in [1.807, 2.05) is 67.6 Å². The monoisotopic (exact) mass is 578 g/mol. The van der Waals surface area contributed by atoms with Gasteiger partial charge in [0.2, 0.25) is 0 Å². The number of hydrogen-bond donors (Lipinski definition) is 1. The van der Waals surface area contributed by atoms with Crippen molar-refractivity contribution >= 4 is 29.3 Å². The van der Waals surface area contributed by atoms with Crippen LogP contribution in [-0.2, 0) is 13.0 Å². The molecule has 0 radical (unpaired) electrons. The highest BCUT2D eigenvalue weighted by atomic mass is 35.5. The molecule has 2 heterocycles. The highest BCUT2D eigenvalue weighted by Gasteiger charge is 2.19. The molecule has 0 spiro atoms. The van der Waals surface area contributed by atoms with Crippen LogP contribution < -0.4 is 10.1 Å². The maximum absolute atomic E-state index is 13.4. The van der Waals surface area contributed by atoms with E-state index < -0.39 is 0 Å². The maximum Gasteiger partial charge on any atom is 0.256 e. The van der Waals surface area contributed by atoms with Crippen molar-refractivity contribution in [2.75, 3.05) is 38.5 Å². The Morgan fingerprint density at radius 1 is 0.976 bits per heavy atom. The molecule has 0 atom stereocenters. The fourth-order valence-electron chi connectivity index (χ4n) is 5.52. The van der Waals surface area contributed by atoms with E-state index in [1.54, 1.807) is 0 Å². The van der Waals surface area contributed by atoms with E-state index in [1.165, 1.54) is 11.1 Å². The summed E-state index contributed by atoms with van der Waals surface area (Å²) in [4.78, 5) is 23.1. The number of piperazine rings is 1. The molecule has 0 bridgehead atoms. The number of likely N-dealkylation sites (N-methyl/N-ethyl adjacent to an activating group) is 1.